The first-order chi connectivity index (χ1) is 17.6. The van der Waals surface area contributed by atoms with E-state index in [2.05, 4.69) is 63.2 Å². The van der Waals surface area contributed by atoms with Gasteiger partial charge in [0.2, 0.25) is 0 Å². The molecule has 4 aromatic rings. The molecular weight excluding hydrogens is 448 g/mol. The normalized spacial score (nSPS) is 18.1. The maximum absolute atomic E-state index is 9.87. The van der Waals surface area contributed by atoms with Crippen LogP contribution < -0.4 is 0 Å². The Labute approximate surface area is 211 Å². The number of rotatable bonds is 5. The number of hydrogen-bond donors (Lipinski definition) is 3. The van der Waals surface area contributed by atoms with Crippen molar-refractivity contribution in [1.82, 2.24) is 30.0 Å². The second kappa shape index (κ2) is 9.56. The molecule has 1 saturated heterocycles. The minimum absolute atomic E-state index is 0.302. The van der Waals surface area contributed by atoms with Gasteiger partial charge in [0.25, 0.3) is 0 Å². The highest BCUT2D eigenvalue weighted by atomic mass is 16.3. The number of aryl methyl sites for hydroxylation is 1. The van der Waals surface area contributed by atoms with Crippen LogP contribution in [0, 0.1) is 0 Å². The van der Waals surface area contributed by atoms with Crippen molar-refractivity contribution in [3.8, 4) is 28.4 Å². The van der Waals surface area contributed by atoms with Crippen molar-refractivity contribution >= 4 is 16.5 Å². The number of benzene rings is 2. The van der Waals surface area contributed by atoms with Gasteiger partial charge in [-0.15, -0.1) is 0 Å². The number of aromatic nitrogens is 4. The van der Waals surface area contributed by atoms with E-state index in [-0.39, 0.29) is 0 Å². The Morgan fingerprint density at radius 3 is 2.78 bits per heavy atom. The average Bonchev–Trinajstić information content (AvgIpc) is 3.56. The van der Waals surface area contributed by atoms with Crippen LogP contribution in [0.4, 0.5) is 0 Å². The molecule has 1 fully saturated rings. The SMILES string of the molecule is CCc1cc(O)ccc1-c1ccc2c(-c3ncc(C4=CCCN(C5CCN(C)CC5)C4)[nH]3)n[nH]c2c1. The lowest BCUT2D eigenvalue weighted by Crippen LogP contribution is -2.45. The summed E-state index contributed by atoms with van der Waals surface area (Å²) in [5.41, 5.74) is 7.60. The van der Waals surface area contributed by atoms with Crippen LogP contribution in [0.1, 0.15) is 37.4 Å². The molecule has 2 aromatic carbocycles. The van der Waals surface area contributed by atoms with Crippen molar-refractivity contribution in [2.24, 2.45) is 0 Å². The molecule has 2 aliphatic rings. The summed E-state index contributed by atoms with van der Waals surface area (Å²) in [6.07, 6.45) is 8.77. The molecule has 2 aromatic heterocycles. The number of H-pyrrole nitrogens is 2. The lowest BCUT2D eigenvalue weighted by Gasteiger charge is -2.39. The zero-order chi connectivity index (χ0) is 24.6. The highest BCUT2D eigenvalue weighted by Gasteiger charge is 2.26. The number of phenols is 1. The number of fused-ring (bicyclic) bond motifs is 1. The molecule has 0 atom stereocenters. The molecule has 2 aliphatic heterocycles. The van der Waals surface area contributed by atoms with Crippen LogP contribution in [0.25, 0.3) is 39.1 Å². The summed E-state index contributed by atoms with van der Waals surface area (Å²) in [6.45, 7) is 6.61. The fourth-order valence-electron chi connectivity index (χ4n) is 5.76. The quantitative estimate of drug-likeness (QED) is 0.370. The van der Waals surface area contributed by atoms with Gasteiger partial charge in [-0.2, -0.15) is 5.10 Å². The lowest BCUT2D eigenvalue weighted by molar-refractivity contribution is 0.132. The van der Waals surface area contributed by atoms with E-state index in [1.165, 1.54) is 31.5 Å². The van der Waals surface area contributed by atoms with E-state index < -0.39 is 0 Å². The fraction of sp³-hybridized carbons (Fsp3) is 0.379. The Bertz CT molecular complexity index is 1410. The molecule has 0 bridgehead atoms. The van der Waals surface area contributed by atoms with Crippen LogP contribution in [-0.2, 0) is 6.42 Å². The van der Waals surface area contributed by atoms with E-state index in [9.17, 15) is 5.11 Å². The zero-order valence-corrected chi connectivity index (χ0v) is 21.1. The molecular formula is C29H34N6O. The highest BCUT2D eigenvalue weighted by molar-refractivity contribution is 5.94. The van der Waals surface area contributed by atoms with Gasteiger partial charge in [-0.05, 0) is 92.3 Å². The second-order valence-corrected chi connectivity index (χ2v) is 10.2. The fourth-order valence-corrected chi connectivity index (χ4v) is 5.76. The number of aromatic hydroxyl groups is 1. The van der Waals surface area contributed by atoms with Crippen molar-refractivity contribution in [2.75, 3.05) is 33.2 Å². The number of hydrogen-bond acceptors (Lipinski definition) is 5. The number of likely N-dealkylation sites (tertiary alicyclic amines) is 1. The first-order valence-corrected chi connectivity index (χ1v) is 13.1. The molecule has 0 saturated carbocycles. The van der Waals surface area contributed by atoms with E-state index >= 15 is 0 Å². The molecule has 36 heavy (non-hydrogen) atoms. The summed E-state index contributed by atoms with van der Waals surface area (Å²) >= 11 is 0. The molecule has 3 N–H and O–H groups in total. The molecule has 7 heteroatoms. The highest BCUT2D eigenvalue weighted by Crippen LogP contribution is 2.33. The Morgan fingerprint density at radius 1 is 1.08 bits per heavy atom. The first-order valence-electron chi connectivity index (χ1n) is 13.1. The van der Waals surface area contributed by atoms with Gasteiger partial charge in [-0.3, -0.25) is 10.00 Å². The van der Waals surface area contributed by atoms with Gasteiger partial charge < -0.3 is 15.0 Å². The van der Waals surface area contributed by atoms with Crippen molar-refractivity contribution in [2.45, 2.75) is 38.6 Å². The molecule has 4 heterocycles. The van der Waals surface area contributed by atoms with E-state index in [0.717, 1.165) is 70.7 Å². The van der Waals surface area contributed by atoms with Crippen LogP contribution in [-0.4, -0.2) is 74.3 Å². The van der Waals surface area contributed by atoms with Gasteiger partial charge in [0, 0.05) is 24.5 Å². The minimum Gasteiger partial charge on any atom is -0.508 e. The molecule has 0 spiro atoms. The number of phenolic OH excluding ortho intramolecular Hbond substituents is 1. The summed E-state index contributed by atoms with van der Waals surface area (Å²) < 4.78 is 0. The van der Waals surface area contributed by atoms with E-state index in [4.69, 9.17) is 4.98 Å². The molecule has 0 unspecified atom stereocenters. The van der Waals surface area contributed by atoms with Gasteiger partial charge >= 0.3 is 0 Å². The third kappa shape index (κ3) is 4.33. The topological polar surface area (TPSA) is 84.1 Å². The average molecular weight is 483 g/mol. The van der Waals surface area contributed by atoms with Crippen LogP contribution in [0.3, 0.4) is 0 Å². The number of nitrogens with one attached hydrogen (secondary N) is 2. The Balaban J connectivity index is 1.24. The van der Waals surface area contributed by atoms with Gasteiger partial charge in [0.15, 0.2) is 5.82 Å². The molecule has 0 aliphatic carbocycles. The largest absolute Gasteiger partial charge is 0.508 e. The second-order valence-electron chi connectivity index (χ2n) is 10.2. The van der Waals surface area contributed by atoms with Crippen LogP contribution in [0.5, 0.6) is 5.75 Å². The Kier molecular flexibility index (Phi) is 6.11. The van der Waals surface area contributed by atoms with Crippen molar-refractivity contribution < 1.29 is 5.11 Å². The lowest BCUT2D eigenvalue weighted by atomic mass is 9.97. The molecule has 0 radical (unpaired) electrons. The predicted octanol–water partition coefficient (Wildman–Crippen LogP) is 5.07. The monoisotopic (exact) mass is 482 g/mol. The molecule has 7 nitrogen and oxygen atoms in total. The number of aromatic amines is 2. The smallest absolute Gasteiger partial charge is 0.159 e. The standard InChI is InChI=1S/C29H34N6O/c1-3-19-15-23(36)7-9-24(19)20-6-8-25-26(16-20)32-33-28(25)29-30-17-27(31-29)21-5-4-12-35(18-21)22-10-13-34(2)14-11-22/h5-9,15-17,22,36H,3-4,10-14,18H2,1-2H3,(H,30,31)(H,32,33). The van der Waals surface area contributed by atoms with Gasteiger partial charge in [0.05, 0.1) is 17.4 Å². The third-order valence-corrected chi connectivity index (χ3v) is 7.87. The van der Waals surface area contributed by atoms with E-state index in [1.54, 1.807) is 6.07 Å². The first kappa shape index (κ1) is 23.0. The molecule has 0 amide bonds. The maximum atomic E-state index is 9.87. The van der Waals surface area contributed by atoms with E-state index in [0.29, 0.717) is 11.8 Å². The van der Waals surface area contributed by atoms with Crippen LogP contribution >= 0.6 is 0 Å². The number of nitrogens with zero attached hydrogens (tertiary/aromatic N) is 4. The summed E-state index contributed by atoms with van der Waals surface area (Å²) in [4.78, 5) is 13.4. The van der Waals surface area contributed by atoms with Gasteiger partial charge in [-0.1, -0.05) is 25.1 Å². The summed E-state index contributed by atoms with van der Waals surface area (Å²) in [7, 11) is 2.22. The van der Waals surface area contributed by atoms with Gasteiger partial charge in [0.1, 0.15) is 11.4 Å². The van der Waals surface area contributed by atoms with E-state index in [1.807, 2.05) is 18.3 Å². The van der Waals surface area contributed by atoms with Crippen molar-refractivity contribution in [1.29, 1.82) is 0 Å². The van der Waals surface area contributed by atoms with Crippen LogP contribution in [0.2, 0.25) is 0 Å². The summed E-state index contributed by atoms with van der Waals surface area (Å²) in [6, 6.07) is 12.6. The van der Waals surface area contributed by atoms with Crippen molar-refractivity contribution in [3.05, 3.63) is 59.9 Å². The van der Waals surface area contributed by atoms with Crippen molar-refractivity contribution in [3.63, 3.8) is 0 Å². The minimum atomic E-state index is 0.302. The number of piperidine rings is 1. The number of imidazole rings is 1. The summed E-state index contributed by atoms with van der Waals surface area (Å²) in [5, 5.41) is 18.7. The predicted molar refractivity (Wildman–Crippen MR) is 145 cm³/mol. The maximum Gasteiger partial charge on any atom is 0.159 e. The Hall–Kier alpha value is -3.42. The Morgan fingerprint density at radius 2 is 1.94 bits per heavy atom. The zero-order valence-electron chi connectivity index (χ0n) is 21.1. The van der Waals surface area contributed by atoms with Crippen LogP contribution in [0.15, 0.2) is 48.7 Å². The molecule has 6 rings (SSSR count). The van der Waals surface area contributed by atoms with Gasteiger partial charge in [-0.25, -0.2) is 4.98 Å². The summed E-state index contributed by atoms with van der Waals surface area (Å²) in [5.74, 6) is 1.09. The molecule has 186 valence electrons. The third-order valence-electron chi connectivity index (χ3n) is 7.87.